The minimum atomic E-state index is -0.362. The molecule has 0 spiro atoms. The second kappa shape index (κ2) is 9.58. The molecule has 6 nitrogen and oxygen atoms in total. The summed E-state index contributed by atoms with van der Waals surface area (Å²) < 4.78 is 10.6. The molecule has 152 valence electrons. The smallest absolute Gasteiger partial charge is 0.278 e. The predicted octanol–water partition coefficient (Wildman–Crippen LogP) is 3.97. The van der Waals surface area contributed by atoms with Crippen LogP contribution in [-0.4, -0.2) is 43.6 Å². The van der Waals surface area contributed by atoms with E-state index in [1.807, 2.05) is 19.1 Å². The number of amides is 2. The second-order valence-electron chi connectivity index (χ2n) is 6.43. The van der Waals surface area contributed by atoms with E-state index in [1.54, 1.807) is 43.5 Å². The summed E-state index contributed by atoms with van der Waals surface area (Å²) in [5, 5.41) is 3.67. The van der Waals surface area contributed by atoms with Gasteiger partial charge in [-0.2, -0.15) is 0 Å². The van der Waals surface area contributed by atoms with Gasteiger partial charge in [0.1, 0.15) is 11.4 Å². The van der Waals surface area contributed by atoms with Gasteiger partial charge >= 0.3 is 0 Å². The average molecular weight is 415 g/mol. The number of carbonyl (C=O) groups is 2. The van der Waals surface area contributed by atoms with Gasteiger partial charge in [-0.05, 0) is 43.2 Å². The number of anilines is 1. The number of methoxy groups -OCH3 is 1. The van der Waals surface area contributed by atoms with Crippen molar-refractivity contribution in [1.29, 1.82) is 0 Å². The third kappa shape index (κ3) is 4.78. The zero-order chi connectivity index (χ0) is 20.8. The molecule has 2 aromatic carbocycles. The highest BCUT2D eigenvalue weighted by Crippen LogP contribution is 2.31. The molecule has 2 aromatic rings. The maximum Gasteiger partial charge on any atom is 0.278 e. The van der Waals surface area contributed by atoms with Crippen LogP contribution in [0.1, 0.15) is 18.9 Å². The molecular formula is C22H23ClN2O4. The van der Waals surface area contributed by atoms with E-state index in [1.165, 1.54) is 4.90 Å². The molecule has 0 saturated carbocycles. The number of imide groups is 1. The zero-order valence-electron chi connectivity index (χ0n) is 16.4. The monoisotopic (exact) mass is 414 g/mol. The van der Waals surface area contributed by atoms with Crippen molar-refractivity contribution in [3.8, 4) is 5.75 Å². The molecule has 1 aliphatic heterocycles. The Balaban J connectivity index is 1.94. The van der Waals surface area contributed by atoms with Gasteiger partial charge in [-0.25, -0.2) is 0 Å². The highest BCUT2D eigenvalue weighted by molar-refractivity contribution is 6.36. The molecule has 0 fully saturated rings. The van der Waals surface area contributed by atoms with Gasteiger partial charge in [0.15, 0.2) is 0 Å². The van der Waals surface area contributed by atoms with Crippen molar-refractivity contribution in [3.05, 3.63) is 64.8 Å². The third-order valence-corrected chi connectivity index (χ3v) is 4.77. The van der Waals surface area contributed by atoms with E-state index in [-0.39, 0.29) is 24.1 Å². The Morgan fingerprint density at radius 1 is 1.07 bits per heavy atom. The van der Waals surface area contributed by atoms with Gasteiger partial charge in [0.2, 0.25) is 0 Å². The largest absolute Gasteiger partial charge is 0.497 e. The Bertz CT molecular complexity index is 925. The fourth-order valence-corrected chi connectivity index (χ4v) is 3.22. The van der Waals surface area contributed by atoms with Gasteiger partial charge in [0.25, 0.3) is 11.8 Å². The molecule has 0 radical (unpaired) electrons. The number of halogens is 1. The standard InChI is InChI=1S/C22H23ClN2O4/c1-3-29-13-5-12-25-21(26)19(15-8-10-16(23)11-9-15)20(22(25)27)24-17-6-4-7-18(14-17)28-2/h4,6-11,14,24H,3,5,12-13H2,1-2H3. The van der Waals surface area contributed by atoms with Gasteiger partial charge in [0, 0.05) is 36.5 Å². The predicted molar refractivity (Wildman–Crippen MR) is 113 cm³/mol. The summed E-state index contributed by atoms with van der Waals surface area (Å²) in [7, 11) is 1.57. The van der Waals surface area contributed by atoms with Crippen LogP contribution in [0.25, 0.3) is 5.57 Å². The first-order chi connectivity index (χ1) is 14.0. The number of nitrogens with zero attached hydrogens (tertiary/aromatic N) is 1. The molecule has 0 saturated heterocycles. The van der Waals surface area contributed by atoms with Gasteiger partial charge in [0.05, 0.1) is 12.7 Å². The molecule has 0 unspecified atom stereocenters. The van der Waals surface area contributed by atoms with Gasteiger partial charge in [-0.3, -0.25) is 14.5 Å². The van der Waals surface area contributed by atoms with Crippen molar-refractivity contribution in [2.24, 2.45) is 0 Å². The topological polar surface area (TPSA) is 67.9 Å². The SMILES string of the molecule is CCOCCCN1C(=O)C(Nc2cccc(OC)c2)=C(c2ccc(Cl)cc2)C1=O. The van der Waals surface area contributed by atoms with Gasteiger partial charge < -0.3 is 14.8 Å². The summed E-state index contributed by atoms with van der Waals surface area (Å²) in [6.07, 6.45) is 0.575. The lowest BCUT2D eigenvalue weighted by atomic mass is 10.0. The van der Waals surface area contributed by atoms with E-state index >= 15 is 0 Å². The highest BCUT2D eigenvalue weighted by atomic mass is 35.5. The van der Waals surface area contributed by atoms with Crippen molar-refractivity contribution >= 4 is 34.7 Å². The van der Waals surface area contributed by atoms with Crippen molar-refractivity contribution < 1.29 is 19.1 Å². The van der Waals surface area contributed by atoms with E-state index in [4.69, 9.17) is 21.1 Å². The quantitative estimate of drug-likeness (QED) is 0.496. The van der Waals surface area contributed by atoms with Crippen LogP contribution in [0.4, 0.5) is 5.69 Å². The normalized spacial score (nSPS) is 14.0. The van der Waals surface area contributed by atoms with Crippen LogP contribution in [-0.2, 0) is 14.3 Å². The number of benzene rings is 2. The molecule has 3 rings (SSSR count). The van der Waals surface area contributed by atoms with Crippen LogP contribution < -0.4 is 10.1 Å². The number of hydrogen-bond acceptors (Lipinski definition) is 5. The van der Waals surface area contributed by atoms with Crippen molar-refractivity contribution in [2.75, 3.05) is 32.2 Å². The maximum atomic E-state index is 13.1. The molecule has 1 aliphatic rings. The Labute approximate surface area is 175 Å². The Kier molecular flexibility index (Phi) is 6.90. The Morgan fingerprint density at radius 3 is 2.52 bits per heavy atom. The highest BCUT2D eigenvalue weighted by Gasteiger charge is 2.38. The van der Waals surface area contributed by atoms with E-state index in [0.29, 0.717) is 47.2 Å². The van der Waals surface area contributed by atoms with Crippen LogP contribution in [0.15, 0.2) is 54.2 Å². The lowest BCUT2D eigenvalue weighted by Gasteiger charge is -2.15. The number of hydrogen-bond donors (Lipinski definition) is 1. The third-order valence-electron chi connectivity index (χ3n) is 4.51. The van der Waals surface area contributed by atoms with Crippen LogP contribution in [0.5, 0.6) is 5.75 Å². The summed E-state index contributed by atoms with van der Waals surface area (Å²) in [4.78, 5) is 27.4. The average Bonchev–Trinajstić information content (AvgIpc) is 2.96. The molecule has 7 heteroatoms. The number of carbonyl (C=O) groups excluding carboxylic acids is 2. The van der Waals surface area contributed by atoms with Crippen LogP contribution >= 0.6 is 11.6 Å². The lowest BCUT2D eigenvalue weighted by molar-refractivity contribution is -0.137. The zero-order valence-corrected chi connectivity index (χ0v) is 17.2. The van der Waals surface area contributed by atoms with E-state index in [9.17, 15) is 9.59 Å². The van der Waals surface area contributed by atoms with Gasteiger partial charge in [-0.15, -0.1) is 0 Å². The summed E-state index contributed by atoms with van der Waals surface area (Å²) in [6.45, 7) is 3.28. The molecule has 29 heavy (non-hydrogen) atoms. The van der Waals surface area contributed by atoms with E-state index in [2.05, 4.69) is 5.32 Å². The Morgan fingerprint density at radius 2 is 1.83 bits per heavy atom. The molecule has 0 atom stereocenters. The second-order valence-corrected chi connectivity index (χ2v) is 6.86. The first-order valence-electron chi connectivity index (χ1n) is 9.40. The number of nitrogens with one attached hydrogen (secondary N) is 1. The summed E-state index contributed by atoms with van der Waals surface area (Å²) in [5.41, 5.74) is 1.85. The summed E-state index contributed by atoms with van der Waals surface area (Å²) >= 11 is 5.99. The van der Waals surface area contributed by atoms with Crippen LogP contribution in [0, 0.1) is 0 Å². The first kappa shape index (κ1) is 20.9. The number of rotatable bonds is 9. The molecule has 2 amide bonds. The molecular weight excluding hydrogens is 392 g/mol. The lowest BCUT2D eigenvalue weighted by Crippen LogP contribution is -2.34. The number of ether oxygens (including phenoxy) is 2. The van der Waals surface area contributed by atoms with E-state index < -0.39 is 0 Å². The first-order valence-corrected chi connectivity index (χ1v) is 9.78. The molecule has 1 N–H and O–H groups in total. The fourth-order valence-electron chi connectivity index (χ4n) is 3.09. The van der Waals surface area contributed by atoms with Crippen molar-refractivity contribution in [2.45, 2.75) is 13.3 Å². The van der Waals surface area contributed by atoms with Crippen LogP contribution in [0.2, 0.25) is 5.02 Å². The van der Waals surface area contributed by atoms with Gasteiger partial charge in [-0.1, -0.05) is 29.8 Å². The molecule has 0 bridgehead atoms. The minimum absolute atomic E-state index is 0.238. The Hall–Kier alpha value is -2.83. The molecule has 0 aromatic heterocycles. The summed E-state index contributed by atoms with van der Waals surface area (Å²) in [5.74, 6) is -0.0486. The summed E-state index contributed by atoms with van der Waals surface area (Å²) in [6, 6.07) is 14.1. The molecule has 0 aliphatic carbocycles. The molecule has 1 heterocycles. The fraction of sp³-hybridized carbons (Fsp3) is 0.273. The van der Waals surface area contributed by atoms with Crippen molar-refractivity contribution in [3.63, 3.8) is 0 Å². The van der Waals surface area contributed by atoms with Crippen molar-refractivity contribution in [1.82, 2.24) is 4.90 Å². The minimum Gasteiger partial charge on any atom is -0.497 e. The van der Waals surface area contributed by atoms with Crippen LogP contribution in [0.3, 0.4) is 0 Å². The van der Waals surface area contributed by atoms with E-state index in [0.717, 1.165) is 0 Å². The maximum absolute atomic E-state index is 13.1.